The number of aliphatic hydroxyl groups is 1. The van der Waals surface area contributed by atoms with E-state index in [1.54, 1.807) is 6.92 Å². The van der Waals surface area contributed by atoms with Gasteiger partial charge in [0.05, 0.1) is 19.1 Å². The molecule has 1 N–H and O–H groups in total. The first kappa shape index (κ1) is 11.9. The predicted octanol–water partition coefficient (Wildman–Crippen LogP) is 1.29. The topological polar surface area (TPSA) is 55.8 Å². The van der Waals surface area contributed by atoms with Crippen molar-refractivity contribution in [1.82, 2.24) is 0 Å². The maximum absolute atomic E-state index is 11.6. The zero-order valence-electron chi connectivity index (χ0n) is 9.81. The Bertz CT molecular complexity index is 414. The van der Waals surface area contributed by atoms with E-state index in [0.29, 0.717) is 19.6 Å². The number of aliphatic hydroxyl groups excluding tert-OH is 1. The Labute approximate surface area is 100 Å². The fourth-order valence-electron chi connectivity index (χ4n) is 1.96. The quantitative estimate of drug-likeness (QED) is 0.803. The summed E-state index contributed by atoms with van der Waals surface area (Å²) in [5.74, 6) is 0.340. The molecule has 0 saturated heterocycles. The molecule has 0 aromatic heterocycles. The number of esters is 1. The van der Waals surface area contributed by atoms with Gasteiger partial charge in [0.1, 0.15) is 12.4 Å². The highest BCUT2D eigenvalue weighted by molar-refractivity contribution is 5.73. The lowest BCUT2D eigenvalue weighted by molar-refractivity contribution is -0.149. The summed E-state index contributed by atoms with van der Waals surface area (Å²) in [5.41, 5.74) is 1.79. The van der Waals surface area contributed by atoms with E-state index in [4.69, 9.17) is 14.6 Å². The summed E-state index contributed by atoms with van der Waals surface area (Å²) in [6.45, 7) is 2.54. The lowest BCUT2D eigenvalue weighted by Gasteiger charge is -2.24. The Morgan fingerprint density at radius 2 is 2.41 bits per heavy atom. The Balaban J connectivity index is 2.14. The van der Waals surface area contributed by atoms with Crippen molar-refractivity contribution in [3.63, 3.8) is 0 Å². The van der Waals surface area contributed by atoms with Crippen molar-refractivity contribution in [2.45, 2.75) is 20.0 Å². The Morgan fingerprint density at radius 3 is 3.12 bits per heavy atom. The first-order valence-electron chi connectivity index (χ1n) is 5.76. The van der Waals surface area contributed by atoms with Crippen LogP contribution in [-0.2, 0) is 22.6 Å². The molecule has 4 nitrogen and oxygen atoms in total. The third-order valence-electron chi connectivity index (χ3n) is 2.83. The van der Waals surface area contributed by atoms with E-state index in [2.05, 4.69) is 0 Å². The number of carbonyl (C=O) groups is 1. The number of ether oxygens (including phenoxy) is 2. The largest absolute Gasteiger partial charge is 0.492 e. The van der Waals surface area contributed by atoms with Crippen molar-refractivity contribution in [1.29, 1.82) is 0 Å². The standard InChI is InChI=1S/C13H16O4/c1-2-16-13(15)11-6-10-5-9(7-14)3-4-12(10)17-8-11/h3-5,11,14H,2,6-8H2,1H3. The van der Waals surface area contributed by atoms with Gasteiger partial charge in [-0.2, -0.15) is 0 Å². The minimum Gasteiger partial charge on any atom is -0.492 e. The molecule has 0 fully saturated rings. The fourth-order valence-corrected chi connectivity index (χ4v) is 1.96. The second kappa shape index (κ2) is 5.19. The third kappa shape index (κ3) is 2.58. The summed E-state index contributed by atoms with van der Waals surface area (Å²) in [4.78, 5) is 11.6. The fraction of sp³-hybridized carbons (Fsp3) is 0.462. The molecular formula is C13H16O4. The molecule has 2 rings (SSSR count). The summed E-state index contributed by atoms with van der Waals surface area (Å²) in [7, 11) is 0. The maximum Gasteiger partial charge on any atom is 0.312 e. The van der Waals surface area contributed by atoms with Crippen LogP contribution in [0.1, 0.15) is 18.1 Å². The zero-order valence-corrected chi connectivity index (χ0v) is 9.81. The van der Waals surface area contributed by atoms with Gasteiger partial charge in [-0.3, -0.25) is 4.79 Å². The van der Waals surface area contributed by atoms with Crippen LogP contribution in [0.5, 0.6) is 5.75 Å². The van der Waals surface area contributed by atoms with Gasteiger partial charge in [0, 0.05) is 0 Å². The van der Waals surface area contributed by atoms with Crippen molar-refractivity contribution in [3.8, 4) is 5.75 Å². The first-order valence-corrected chi connectivity index (χ1v) is 5.76. The molecule has 1 aliphatic rings. The summed E-state index contributed by atoms with van der Waals surface area (Å²) in [6.07, 6.45) is 0.613. The van der Waals surface area contributed by atoms with Gasteiger partial charge < -0.3 is 14.6 Å². The molecule has 0 radical (unpaired) electrons. The third-order valence-corrected chi connectivity index (χ3v) is 2.83. The predicted molar refractivity (Wildman–Crippen MR) is 61.7 cm³/mol. The van der Waals surface area contributed by atoms with Gasteiger partial charge in [-0.05, 0) is 36.6 Å². The maximum atomic E-state index is 11.6. The van der Waals surface area contributed by atoms with Crippen LogP contribution < -0.4 is 4.74 Å². The smallest absolute Gasteiger partial charge is 0.312 e. The van der Waals surface area contributed by atoms with Crippen LogP contribution in [0.25, 0.3) is 0 Å². The SMILES string of the molecule is CCOC(=O)C1COc2ccc(CO)cc2C1. The van der Waals surface area contributed by atoms with Crippen molar-refractivity contribution in [2.24, 2.45) is 5.92 Å². The Hall–Kier alpha value is -1.55. The molecule has 1 unspecified atom stereocenters. The van der Waals surface area contributed by atoms with Crippen LogP contribution in [0.4, 0.5) is 0 Å². The van der Waals surface area contributed by atoms with E-state index >= 15 is 0 Å². The van der Waals surface area contributed by atoms with Crippen molar-refractivity contribution < 1.29 is 19.4 Å². The highest BCUT2D eigenvalue weighted by atomic mass is 16.5. The van der Waals surface area contributed by atoms with Crippen molar-refractivity contribution >= 4 is 5.97 Å². The van der Waals surface area contributed by atoms with Crippen LogP contribution in [-0.4, -0.2) is 24.3 Å². The average molecular weight is 236 g/mol. The van der Waals surface area contributed by atoms with Crippen molar-refractivity contribution in [2.75, 3.05) is 13.2 Å². The molecule has 92 valence electrons. The lowest BCUT2D eigenvalue weighted by Crippen LogP contribution is -2.29. The molecule has 17 heavy (non-hydrogen) atoms. The van der Waals surface area contributed by atoms with Gasteiger partial charge in [0.2, 0.25) is 0 Å². The monoisotopic (exact) mass is 236 g/mol. The number of hydrogen-bond donors (Lipinski definition) is 1. The highest BCUT2D eigenvalue weighted by Crippen LogP contribution is 2.28. The number of rotatable bonds is 3. The average Bonchev–Trinajstić information content (AvgIpc) is 2.37. The van der Waals surface area contributed by atoms with Gasteiger partial charge in [0.15, 0.2) is 0 Å². The molecular weight excluding hydrogens is 220 g/mol. The molecule has 1 aromatic carbocycles. The van der Waals surface area contributed by atoms with Gasteiger partial charge in [-0.15, -0.1) is 0 Å². The van der Waals surface area contributed by atoms with E-state index in [1.807, 2.05) is 18.2 Å². The zero-order chi connectivity index (χ0) is 12.3. The summed E-state index contributed by atoms with van der Waals surface area (Å²) in [5, 5.41) is 9.07. The molecule has 1 aromatic rings. The molecule has 0 amide bonds. The number of hydrogen-bond acceptors (Lipinski definition) is 4. The van der Waals surface area contributed by atoms with Crippen LogP contribution in [0, 0.1) is 5.92 Å². The van der Waals surface area contributed by atoms with Crippen LogP contribution in [0.15, 0.2) is 18.2 Å². The van der Waals surface area contributed by atoms with Crippen LogP contribution >= 0.6 is 0 Å². The number of benzene rings is 1. The number of fused-ring (bicyclic) bond motifs is 1. The highest BCUT2D eigenvalue weighted by Gasteiger charge is 2.27. The summed E-state index contributed by atoms with van der Waals surface area (Å²) < 4.78 is 10.5. The second-order valence-electron chi connectivity index (χ2n) is 4.06. The molecule has 0 bridgehead atoms. The van der Waals surface area contributed by atoms with Crippen molar-refractivity contribution in [3.05, 3.63) is 29.3 Å². The lowest BCUT2D eigenvalue weighted by atomic mass is 9.95. The molecule has 0 saturated carbocycles. The number of carbonyl (C=O) groups excluding carboxylic acids is 1. The van der Waals surface area contributed by atoms with E-state index in [1.165, 1.54) is 0 Å². The van der Waals surface area contributed by atoms with E-state index in [-0.39, 0.29) is 18.5 Å². The Kier molecular flexibility index (Phi) is 3.64. The van der Waals surface area contributed by atoms with E-state index < -0.39 is 0 Å². The normalized spacial score (nSPS) is 18.1. The van der Waals surface area contributed by atoms with Crippen LogP contribution in [0.3, 0.4) is 0 Å². The van der Waals surface area contributed by atoms with E-state index in [9.17, 15) is 4.79 Å². The van der Waals surface area contributed by atoms with Gasteiger partial charge in [0.25, 0.3) is 0 Å². The first-order chi connectivity index (χ1) is 8.24. The molecule has 1 atom stereocenters. The van der Waals surface area contributed by atoms with Gasteiger partial charge in [-0.1, -0.05) is 6.07 Å². The minimum absolute atomic E-state index is 0.00263. The summed E-state index contributed by atoms with van der Waals surface area (Å²) >= 11 is 0. The van der Waals surface area contributed by atoms with Gasteiger partial charge in [-0.25, -0.2) is 0 Å². The molecule has 4 heteroatoms. The molecule has 0 aliphatic carbocycles. The summed E-state index contributed by atoms with van der Waals surface area (Å²) in [6, 6.07) is 5.53. The van der Waals surface area contributed by atoms with E-state index in [0.717, 1.165) is 16.9 Å². The van der Waals surface area contributed by atoms with Crippen LogP contribution in [0.2, 0.25) is 0 Å². The van der Waals surface area contributed by atoms with Gasteiger partial charge >= 0.3 is 5.97 Å². The Morgan fingerprint density at radius 1 is 1.59 bits per heavy atom. The molecule has 1 heterocycles. The minimum atomic E-state index is -0.239. The molecule has 1 aliphatic heterocycles. The second-order valence-corrected chi connectivity index (χ2v) is 4.06. The molecule has 0 spiro atoms.